The molecule has 6 heteroatoms. The van der Waals surface area contributed by atoms with Crippen molar-refractivity contribution in [3.63, 3.8) is 0 Å². The molecule has 0 saturated carbocycles. The third-order valence-electron chi connectivity index (χ3n) is 3.01. The van der Waals surface area contributed by atoms with Gasteiger partial charge in [0.2, 0.25) is 5.91 Å². The highest BCUT2D eigenvalue weighted by molar-refractivity contribution is 5.93. The Morgan fingerprint density at radius 2 is 2.14 bits per heavy atom. The molecule has 0 heterocycles. The first-order valence-electron chi connectivity index (χ1n) is 7.06. The van der Waals surface area contributed by atoms with Gasteiger partial charge in [-0.15, -0.1) is 0 Å². The second-order valence-electron chi connectivity index (χ2n) is 4.72. The lowest BCUT2D eigenvalue weighted by atomic mass is 10.2. The van der Waals surface area contributed by atoms with Crippen molar-refractivity contribution in [2.75, 3.05) is 19.0 Å². The maximum absolute atomic E-state index is 11.6. The number of aliphatic imine (C=N–C) groups is 1. The Bertz CT molecular complexity index is 488. The number of rotatable bonds is 7. The highest BCUT2D eigenvalue weighted by Gasteiger charge is 2.05. The molecule has 21 heavy (non-hydrogen) atoms. The van der Waals surface area contributed by atoms with Crippen LogP contribution in [0.25, 0.3) is 0 Å². The Morgan fingerprint density at radius 1 is 1.43 bits per heavy atom. The van der Waals surface area contributed by atoms with Crippen LogP contribution in [0.1, 0.15) is 26.7 Å². The number of amides is 1. The summed E-state index contributed by atoms with van der Waals surface area (Å²) in [5.74, 6) is 0.930. The predicted octanol–water partition coefficient (Wildman–Crippen LogP) is 1.73. The zero-order valence-electron chi connectivity index (χ0n) is 12.8. The number of benzene rings is 1. The smallest absolute Gasteiger partial charge is 0.222 e. The van der Waals surface area contributed by atoms with Crippen LogP contribution < -0.4 is 21.1 Å². The highest BCUT2D eigenvalue weighted by Crippen LogP contribution is 2.22. The maximum atomic E-state index is 11.6. The quantitative estimate of drug-likeness (QED) is 0.527. The summed E-state index contributed by atoms with van der Waals surface area (Å²) in [7, 11) is 1.59. The molecule has 4 N–H and O–H groups in total. The standard InChI is InChI=1S/C15H24N4O2/c1-4-11(2)18-14(20)9-10-17-15(16)19-12-7-5-6-8-13(12)21-3/h5-8,11H,4,9-10H2,1-3H3,(H,18,20)(H3,16,17,19). The molecule has 0 saturated heterocycles. The number of para-hydroxylation sites is 2. The van der Waals surface area contributed by atoms with E-state index in [1.165, 1.54) is 0 Å². The molecule has 1 atom stereocenters. The van der Waals surface area contributed by atoms with Crippen LogP contribution in [0.2, 0.25) is 0 Å². The molecule has 1 rings (SSSR count). The van der Waals surface area contributed by atoms with Gasteiger partial charge in [0.1, 0.15) is 5.75 Å². The molecule has 0 aliphatic carbocycles. The van der Waals surface area contributed by atoms with Gasteiger partial charge in [-0.1, -0.05) is 19.1 Å². The van der Waals surface area contributed by atoms with Gasteiger partial charge in [-0.2, -0.15) is 0 Å². The molecule has 0 radical (unpaired) electrons. The molecule has 0 aliphatic rings. The first kappa shape index (κ1) is 16.8. The molecule has 1 aromatic carbocycles. The van der Waals surface area contributed by atoms with Crippen molar-refractivity contribution < 1.29 is 9.53 Å². The van der Waals surface area contributed by atoms with Gasteiger partial charge in [0.25, 0.3) is 0 Å². The zero-order valence-corrected chi connectivity index (χ0v) is 12.8. The number of anilines is 1. The summed E-state index contributed by atoms with van der Waals surface area (Å²) >= 11 is 0. The van der Waals surface area contributed by atoms with Crippen LogP contribution in [0.5, 0.6) is 5.75 Å². The molecule has 116 valence electrons. The van der Waals surface area contributed by atoms with Crippen molar-refractivity contribution in [2.45, 2.75) is 32.7 Å². The van der Waals surface area contributed by atoms with Crippen LogP contribution in [0, 0.1) is 0 Å². The summed E-state index contributed by atoms with van der Waals surface area (Å²) in [4.78, 5) is 15.7. The van der Waals surface area contributed by atoms with E-state index < -0.39 is 0 Å². The fourth-order valence-corrected chi connectivity index (χ4v) is 1.65. The van der Waals surface area contributed by atoms with Gasteiger partial charge in [0, 0.05) is 12.5 Å². The summed E-state index contributed by atoms with van der Waals surface area (Å²) in [6, 6.07) is 7.60. The largest absolute Gasteiger partial charge is 0.495 e. The summed E-state index contributed by atoms with van der Waals surface area (Å²) in [5.41, 5.74) is 6.54. The normalized spacial score (nSPS) is 12.6. The third-order valence-corrected chi connectivity index (χ3v) is 3.01. The predicted molar refractivity (Wildman–Crippen MR) is 85.6 cm³/mol. The number of nitrogens with two attached hydrogens (primary N) is 1. The summed E-state index contributed by atoms with van der Waals surface area (Å²) in [6.07, 6.45) is 1.23. The monoisotopic (exact) mass is 292 g/mol. The number of carbonyl (C=O) groups is 1. The summed E-state index contributed by atoms with van der Waals surface area (Å²) < 4.78 is 5.21. The number of nitrogens with one attached hydrogen (secondary N) is 2. The Balaban J connectivity index is 2.45. The number of nitrogens with zero attached hydrogens (tertiary/aromatic N) is 1. The molecule has 1 unspecified atom stereocenters. The number of ether oxygens (including phenoxy) is 1. The lowest BCUT2D eigenvalue weighted by molar-refractivity contribution is -0.121. The van der Waals surface area contributed by atoms with Crippen molar-refractivity contribution >= 4 is 17.6 Å². The average Bonchev–Trinajstić information content (AvgIpc) is 2.47. The number of hydrogen-bond acceptors (Lipinski definition) is 3. The molecule has 0 spiro atoms. The van der Waals surface area contributed by atoms with Gasteiger partial charge < -0.3 is 21.1 Å². The Labute approximate surface area is 125 Å². The van der Waals surface area contributed by atoms with E-state index in [9.17, 15) is 4.79 Å². The van der Waals surface area contributed by atoms with E-state index in [1.54, 1.807) is 7.11 Å². The lowest BCUT2D eigenvalue weighted by Gasteiger charge is -2.11. The van der Waals surface area contributed by atoms with E-state index in [0.717, 1.165) is 12.1 Å². The minimum absolute atomic E-state index is 0.0156. The minimum Gasteiger partial charge on any atom is -0.495 e. The van der Waals surface area contributed by atoms with Crippen molar-refractivity contribution in [3.05, 3.63) is 24.3 Å². The summed E-state index contributed by atoms with van der Waals surface area (Å²) in [6.45, 7) is 4.34. The first-order valence-corrected chi connectivity index (χ1v) is 7.06. The van der Waals surface area contributed by atoms with E-state index in [1.807, 2.05) is 38.1 Å². The van der Waals surface area contributed by atoms with Crippen LogP contribution in [-0.4, -0.2) is 31.6 Å². The fourth-order valence-electron chi connectivity index (χ4n) is 1.65. The number of methoxy groups -OCH3 is 1. The van der Waals surface area contributed by atoms with Gasteiger partial charge in [0.05, 0.1) is 19.3 Å². The van der Waals surface area contributed by atoms with Gasteiger partial charge in [-0.25, -0.2) is 0 Å². The van der Waals surface area contributed by atoms with Crippen LogP contribution in [0.4, 0.5) is 5.69 Å². The van der Waals surface area contributed by atoms with Gasteiger partial charge in [-0.3, -0.25) is 9.79 Å². The Kier molecular flexibility index (Phi) is 7.08. The van der Waals surface area contributed by atoms with Crippen LogP contribution in [0.15, 0.2) is 29.3 Å². The molecule has 6 nitrogen and oxygen atoms in total. The number of guanidine groups is 1. The highest BCUT2D eigenvalue weighted by atomic mass is 16.5. The van der Waals surface area contributed by atoms with E-state index in [0.29, 0.717) is 18.7 Å². The van der Waals surface area contributed by atoms with E-state index in [2.05, 4.69) is 15.6 Å². The lowest BCUT2D eigenvalue weighted by Crippen LogP contribution is -2.32. The molecule has 0 aromatic heterocycles. The Hall–Kier alpha value is -2.24. The topological polar surface area (TPSA) is 88.7 Å². The molecule has 1 aromatic rings. The second-order valence-corrected chi connectivity index (χ2v) is 4.72. The molecule has 1 amide bonds. The van der Waals surface area contributed by atoms with Gasteiger partial charge in [-0.05, 0) is 25.5 Å². The fraction of sp³-hybridized carbons (Fsp3) is 0.467. The van der Waals surface area contributed by atoms with Crippen molar-refractivity contribution in [2.24, 2.45) is 10.7 Å². The second kappa shape index (κ2) is 8.84. The summed E-state index contributed by atoms with van der Waals surface area (Å²) in [5, 5.41) is 5.84. The van der Waals surface area contributed by atoms with Crippen molar-refractivity contribution in [3.8, 4) is 5.75 Å². The maximum Gasteiger partial charge on any atom is 0.222 e. The Morgan fingerprint density at radius 3 is 2.81 bits per heavy atom. The third kappa shape index (κ3) is 6.16. The first-order chi connectivity index (χ1) is 10.1. The number of carbonyl (C=O) groups excluding carboxylic acids is 1. The van der Waals surface area contributed by atoms with Crippen LogP contribution in [-0.2, 0) is 4.79 Å². The SMILES string of the molecule is CCC(C)NC(=O)CCN=C(N)Nc1ccccc1OC. The molecule has 0 bridgehead atoms. The minimum atomic E-state index is -0.0156. The molecular weight excluding hydrogens is 268 g/mol. The van der Waals surface area contributed by atoms with E-state index >= 15 is 0 Å². The van der Waals surface area contributed by atoms with Gasteiger partial charge in [0.15, 0.2) is 5.96 Å². The van der Waals surface area contributed by atoms with E-state index in [4.69, 9.17) is 10.5 Å². The van der Waals surface area contributed by atoms with Crippen LogP contribution >= 0.6 is 0 Å². The van der Waals surface area contributed by atoms with Crippen molar-refractivity contribution in [1.29, 1.82) is 0 Å². The van der Waals surface area contributed by atoms with E-state index in [-0.39, 0.29) is 17.9 Å². The average molecular weight is 292 g/mol. The van der Waals surface area contributed by atoms with Crippen LogP contribution in [0.3, 0.4) is 0 Å². The zero-order chi connectivity index (χ0) is 15.7. The molecular formula is C15H24N4O2. The van der Waals surface area contributed by atoms with Crippen molar-refractivity contribution in [1.82, 2.24) is 5.32 Å². The number of hydrogen-bond donors (Lipinski definition) is 3. The molecule has 0 aliphatic heterocycles. The van der Waals surface area contributed by atoms with Gasteiger partial charge >= 0.3 is 0 Å². The molecule has 0 fully saturated rings.